The number of hydrogen-bond donors (Lipinski definition) is 0. The topological polar surface area (TPSA) is 52.6 Å². The third-order valence-corrected chi connectivity index (χ3v) is 2.86. The van der Waals surface area contributed by atoms with Crippen LogP contribution in [0.5, 0.6) is 0 Å². The van der Waals surface area contributed by atoms with Crippen LogP contribution < -0.4 is 0 Å². The fourth-order valence-corrected chi connectivity index (χ4v) is 2.11. The number of rotatable bonds is 2. The highest BCUT2D eigenvalue weighted by Crippen LogP contribution is 2.35. The summed E-state index contributed by atoms with van der Waals surface area (Å²) in [7, 11) is 0. The Hall–Kier alpha value is -1.32. The summed E-state index contributed by atoms with van der Waals surface area (Å²) in [6.45, 7) is 5.13. The van der Waals surface area contributed by atoms with Gasteiger partial charge in [0.1, 0.15) is 12.2 Å². The highest BCUT2D eigenvalue weighted by molar-refractivity contribution is 5.87. The Bertz CT molecular complexity index is 321. The molecule has 1 heterocycles. The minimum absolute atomic E-state index is 0.0563. The van der Waals surface area contributed by atoms with Gasteiger partial charge in [-0.05, 0) is 19.8 Å². The summed E-state index contributed by atoms with van der Waals surface area (Å²) in [5.41, 5.74) is 0.389. The maximum Gasteiger partial charge on any atom is 0.333 e. The molecule has 1 saturated heterocycles. The molecular formula is C11H14O4. The Labute approximate surface area is 88.2 Å². The molecule has 2 bridgehead atoms. The van der Waals surface area contributed by atoms with Crippen LogP contribution in [-0.2, 0) is 19.1 Å². The first-order valence-electron chi connectivity index (χ1n) is 5.13. The van der Waals surface area contributed by atoms with Crippen LogP contribution in [0.4, 0.5) is 0 Å². The van der Waals surface area contributed by atoms with Gasteiger partial charge in [0.25, 0.3) is 0 Å². The van der Waals surface area contributed by atoms with E-state index in [0.29, 0.717) is 18.4 Å². The van der Waals surface area contributed by atoms with E-state index in [4.69, 9.17) is 9.47 Å². The van der Waals surface area contributed by atoms with Crippen molar-refractivity contribution in [3.8, 4) is 0 Å². The van der Waals surface area contributed by atoms with Gasteiger partial charge in [-0.1, -0.05) is 6.58 Å². The monoisotopic (exact) mass is 210 g/mol. The summed E-state index contributed by atoms with van der Waals surface area (Å²) in [6, 6.07) is 0. The molecular weight excluding hydrogens is 196 g/mol. The van der Waals surface area contributed by atoms with Crippen molar-refractivity contribution in [2.45, 2.75) is 38.4 Å². The normalized spacial score (nSPS) is 33.4. The van der Waals surface area contributed by atoms with Crippen LogP contribution in [0.25, 0.3) is 0 Å². The zero-order valence-corrected chi connectivity index (χ0v) is 8.69. The van der Waals surface area contributed by atoms with Crippen LogP contribution >= 0.6 is 0 Å². The largest absolute Gasteiger partial charge is 0.462 e. The molecule has 4 nitrogen and oxygen atoms in total. The van der Waals surface area contributed by atoms with E-state index in [1.165, 1.54) is 0 Å². The number of carbonyl (C=O) groups is 2. The minimum Gasteiger partial charge on any atom is -0.462 e. The van der Waals surface area contributed by atoms with Crippen molar-refractivity contribution >= 4 is 11.9 Å². The number of esters is 2. The summed E-state index contributed by atoms with van der Waals surface area (Å²) in [5.74, 6) is -0.603. The van der Waals surface area contributed by atoms with Crippen LogP contribution in [0.2, 0.25) is 0 Å². The van der Waals surface area contributed by atoms with Crippen molar-refractivity contribution < 1.29 is 19.1 Å². The van der Waals surface area contributed by atoms with Gasteiger partial charge in [-0.3, -0.25) is 4.79 Å². The van der Waals surface area contributed by atoms with E-state index in [0.717, 1.165) is 6.42 Å². The molecule has 0 amide bonds. The average Bonchev–Trinajstić information content (AvgIpc) is 2.40. The van der Waals surface area contributed by atoms with E-state index >= 15 is 0 Å². The van der Waals surface area contributed by atoms with Crippen LogP contribution in [0, 0.1) is 5.92 Å². The fourth-order valence-electron chi connectivity index (χ4n) is 2.11. The molecule has 1 saturated carbocycles. The van der Waals surface area contributed by atoms with Crippen molar-refractivity contribution in [3.05, 3.63) is 12.2 Å². The van der Waals surface area contributed by atoms with Gasteiger partial charge in [0.05, 0.1) is 5.92 Å². The Morgan fingerprint density at radius 3 is 2.80 bits per heavy atom. The van der Waals surface area contributed by atoms with Crippen molar-refractivity contribution in [2.75, 3.05) is 0 Å². The minimum atomic E-state index is -0.381. The maximum atomic E-state index is 11.3. The van der Waals surface area contributed by atoms with E-state index in [1.807, 2.05) is 0 Å². The smallest absolute Gasteiger partial charge is 0.333 e. The second kappa shape index (κ2) is 3.68. The molecule has 0 aromatic heterocycles. The van der Waals surface area contributed by atoms with Crippen molar-refractivity contribution in [2.24, 2.45) is 5.92 Å². The third kappa shape index (κ3) is 2.03. The Morgan fingerprint density at radius 1 is 1.47 bits per heavy atom. The van der Waals surface area contributed by atoms with Gasteiger partial charge < -0.3 is 9.47 Å². The molecule has 4 heteroatoms. The van der Waals surface area contributed by atoms with Crippen molar-refractivity contribution in [1.82, 2.24) is 0 Å². The van der Waals surface area contributed by atoms with Crippen LogP contribution in [0.3, 0.4) is 0 Å². The van der Waals surface area contributed by atoms with Crippen LogP contribution in [0.1, 0.15) is 26.2 Å². The molecule has 0 N–H and O–H groups in total. The maximum absolute atomic E-state index is 11.3. The third-order valence-electron chi connectivity index (χ3n) is 2.86. The quantitative estimate of drug-likeness (QED) is 0.507. The molecule has 2 rings (SSSR count). The fraction of sp³-hybridized carbons (Fsp3) is 0.636. The van der Waals surface area contributed by atoms with Gasteiger partial charge in [-0.25, -0.2) is 4.79 Å². The van der Waals surface area contributed by atoms with Gasteiger partial charge in [0, 0.05) is 12.0 Å². The van der Waals surface area contributed by atoms with Gasteiger partial charge in [-0.2, -0.15) is 0 Å². The predicted octanol–water partition coefficient (Wildman–Crippen LogP) is 1.20. The Morgan fingerprint density at radius 2 is 2.20 bits per heavy atom. The lowest BCUT2D eigenvalue weighted by molar-refractivity contribution is -0.146. The van der Waals surface area contributed by atoms with Gasteiger partial charge in [0.15, 0.2) is 0 Å². The molecule has 82 valence electrons. The summed E-state index contributed by atoms with van der Waals surface area (Å²) in [4.78, 5) is 22.5. The molecule has 0 radical (unpaired) electrons. The number of carbonyl (C=O) groups excluding carboxylic acids is 2. The second-order valence-corrected chi connectivity index (χ2v) is 4.27. The summed E-state index contributed by atoms with van der Waals surface area (Å²) in [5, 5.41) is 0. The second-order valence-electron chi connectivity index (χ2n) is 4.27. The van der Waals surface area contributed by atoms with E-state index < -0.39 is 0 Å². The van der Waals surface area contributed by atoms with Gasteiger partial charge >= 0.3 is 11.9 Å². The van der Waals surface area contributed by atoms with E-state index in [2.05, 4.69) is 6.58 Å². The first-order chi connectivity index (χ1) is 7.06. The van der Waals surface area contributed by atoms with Crippen molar-refractivity contribution in [3.63, 3.8) is 0 Å². The summed E-state index contributed by atoms with van der Waals surface area (Å²) < 4.78 is 10.3. The van der Waals surface area contributed by atoms with E-state index in [9.17, 15) is 9.59 Å². The van der Waals surface area contributed by atoms with Crippen molar-refractivity contribution in [1.29, 1.82) is 0 Å². The molecule has 2 fully saturated rings. The standard InChI is InChI=1S/C11H14O4/c1-6(2)10(12)14-8-3-7-4-9(5-8)15-11(7)13/h7-9H,1,3-5H2,2H3. The van der Waals surface area contributed by atoms with E-state index in [-0.39, 0.29) is 30.1 Å². The molecule has 1 aliphatic carbocycles. The molecule has 15 heavy (non-hydrogen) atoms. The first-order valence-corrected chi connectivity index (χ1v) is 5.13. The lowest BCUT2D eigenvalue weighted by Crippen LogP contribution is -2.29. The highest BCUT2D eigenvalue weighted by atomic mass is 16.6. The molecule has 0 aromatic carbocycles. The van der Waals surface area contributed by atoms with Crippen LogP contribution in [0.15, 0.2) is 12.2 Å². The predicted molar refractivity (Wildman–Crippen MR) is 51.9 cm³/mol. The summed E-state index contributed by atoms with van der Waals surface area (Å²) in [6.07, 6.45) is 1.75. The number of hydrogen-bond acceptors (Lipinski definition) is 4. The zero-order chi connectivity index (χ0) is 11.0. The van der Waals surface area contributed by atoms with Crippen LogP contribution in [-0.4, -0.2) is 24.1 Å². The summed E-state index contributed by atoms with van der Waals surface area (Å²) >= 11 is 0. The van der Waals surface area contributed by atoms with Gasteiger partial charge in [0.2, 0.25) is 0 Å². The average molecular weight is 210 g/mol. The lowest BCUT2D eigenvalue weighted by atomic mass is 9.88. The number of ether oxygens (including phenoxy) is 2. The molecule has 0 aromatic rings. The molecule has 0 spiro atoms. The highest BCUT2D eigenvalue weighted by Gasteiger charge is 2.43. The Balaban J connectivity index is 1.94. The number of fused-ring (bicyclic) bond motifs is 2. The zero-order valence-electron chi connectivity index (χ0n) is 8.69. The Kier molecular flexibility index (Phi) is 2.50. The SMILES string of the molecule is C=C(C)C(=O)OC1CC2CC(C1)C(=O)O2. The lowest BCUT2D eigenvalue weighted by Gasteiger charge is -2.24. The van der Waals surface area contributed by atoms with E-state index in [1.54, 1.807) is 6.92 Å². The molecule has 3 unspecified atom stereocenters. The first kappa shape index (κ1) is 10.2. The van der Waals surface area contributed by atoms with Gasteiger partial charge in [-0.15, -0.1) is 0 Å². The molecule has 2 aliphatic rings. The molecule has 3 atom stereocenters. The molecule has 1 aliphatic heterocycles.